The molecule has 0 aliphatic rings. The van der Waals surface area contributed by atoms with E-state index < -0.39 is 0 Å². The van der Waals surface area contributed by atoms with Crippen LogP contribution in [0.5, 0.6) is 0 Å². The Morgan fingerprint density at radius 2 is 1.85 bits per heavy atom. The van der Waals surface area contributed by atoms with Crippen molar-refractivity contribution in [1.29, 1.82) is 0 Å². The Kier molecular flexibility index (Phi) is 8.23. The molecule has 0 bridgehead atoms. The van der Waals surface area contributed by atoms with Crippen LogP contribution >= 0.6 is 0 Å². The maximum Gasteiger partial charge on any atom is 0.0562 e. The van der Waals surface area contributed by atoms with Crippen LogP contribution in [-0.4, -0.2) is 49.7 Å². The summed E-state index contributed by atoms with van der Waals surface area (Å²) in [5.74, 6) is 0. The normalized spacial score (nSPS) is 11.1. The van der Waals surface area contributed by atoms with Gasteiger partial charge in [-0.25, -0.2) is 0 Å². The van der Waals surface area contributed by atoms with Gasteiger partial charge in [-0.2, -0.15) is 0 Å². The van der Waals surface area contributed by atoms with E-state index in [0.29, 0.717) is 0 Å². The van der Waals surface area contributed by atoms with Crippen LogP contribution in [0.25, 0.3) is 0 Å². The molecule has 1 heterocycles. The Balaban J connectivity index is 2.54. The van der Waals surface area contributed by atoms with Crippen molar-refractivity contribution in [2.75, 3.05) is 44.7 Å². The zero-order chi connectivity index (χ0) is 14.8. The maximum absolute atomic E-state index is 4.38. The first-order valence-corrected chi connectivity index (χ1v) is 7.81. The van der Waals surface area contributed by atoms with Gasteiger partial charge in [0.25, 0.3) is 0 Å². The fourth-order valence-electron chi connectivity index (χ4n) is 2.43. The highest BCUT2D eigenvalue weighted by molar-refractivity contribution is 5.46. The SMILES string of the molecule is CCN(CC)CCCN(CC)c1ccnc(CNC)c1. The second-order valence-electron chi connectivity index (χ2n) is 5.00. The Morgan fingerprint density at radius 1 is 1.10 bits per heavy atom. The lowest BCUT2D eigenvalue weighted by molar-refractivity contribution is 0.301. The van der Waals surface area contributed by atoms with E-state index in [2.05, 4.69) is 53.0 Å². The molecule has 0 amide bonds. The average molecular weight is 278 g/mol. The van der Waals surface area contributed by atoms with Gasteiger partial charge in [0.05, 0.1) is 5.69 Å². The molecule has 1 aromatic rings. The lowest BCUT2D eigenvalue weighted by Gasteiger charge is -2.25. The first kappa shape index (κ1) is 16.9. The van der Waals surface area contributed by atoms with Crippen LogP contribution in [-0.2, 0) is 6.54 Å². The van der Waals surface area contributed by atoms with E-state index in [0.717, 1.165) is 38.4 Å². The number of nitrogens with zero attached hydrogens (tertiary/aromatic N) is 3. The molecule has 1 aromatic heterocycles. The topological polar surface area (TPSA) is 31.4 Å². The fourth-order valence-corrected chi connectivity index (χ4v) is 2.43. The van der Waals surface area contributed by atoms with Crippen molar-refractivity contribution in [2.24, 2.45) is 0 Å². The van der Waals surface area contributed by atoms with E-state index in [9.17, 15) is 0 Å². The van der Waals surface area contributed by atoms with Crippen molar-refractivity contribution >= 4 is 5.69 Å². The Bertz CT molecular complexity index is 363. The van der Waals surface area contributed by atoms with Crippen LogP contribution in [0, 0.1) is 0 Å². The molecule has 20 heavy (non-hydrogen) atoms. The molecule has 0 saturated heterocycles. The second kappa shape index (κ2) is 9.72. The first-order valence-electron chi connectivity index (χ1n) is 7.81. The Hall–Kier alpha value is -1.13. The fraction of sp³-hybridized carbons (Fsp3) is 0.688. The zero-order valence-electron chi connectivity index (χ0n) is 13.5. The van der Waals surface area contributed by atoms with Crippen molar-refractivity contribution < 1.29 is 0 Å². The summed E-state index contributed by atoms with van der Waals surface area (Å²) in [5.41, 5.74) is 2.39. The lowest BCUT2D eigenvalue weighted by atomic mass is 10.2. The van der Waals surface area contributed by atoms with Crippen molar-refractivity contribution in [3.05, 3.63) is 24.0 Å². The summed E-state index contributed by atoms with van der Waals surface area (Å²) in [7, 11) is 1.95. The van der Waals surface area contributed by atoms with Crippen molar-refractivity contribution in [3.8, 4) is 0 Å². The van der Waals surface area contributed by atoms with Gasteiger partial charge in [0.15, 0.2) is 0 Å². The number of pyridine rings is 1. The molecule has 4 nitrogen and oxygen atoms in total. The van der Waals surface area contributed by atoms with E-state index in [4.69, 9.17) is 0 Å². The minimum atomic E-state index is 0.824. The number of nitrogens with one attached hydrogen (secondary N) is 1. The largest absolute Gasteiger partial charge is 0.372 e. The molecule has 1 rings (SSSR count). The van der Waals surface area contributed by atoms with Gasteiger partial charge < -0.3 is 15.1 Å². The van der Waals surface area contributed by atoms with E-state index in [-0.39, 0.29) is 0 Å². The minimum absolute atomic E-state index is 0.824. The number of hydrogen-bond acceptors (Lipinski definition) is 4. The molecule has 0 atom stereocenters. The maximum atomic E-state index is 4.38. The first-order chi connectivity index (χ1) is 9.74. The molecular weight excluding hydrogens is 248 g/mol. The molecule has 1 N–H and O–H groups in total. The zero-order valence-corrected chi connectivity index (χ0v) is 13.5. The highest BCUT2D eigenvalue weighted by Gasteiger charge is 2.06. The third kappa shape index (κ3) is 5.47. The smallest absolute Gasteiger partial charge is 0.0562 e. The average Bonchev–Trinajstić information content (AvgIpc) is 2.48. The molecule has 0 aliphatic carbocycles. The predicted octanol–water partition coefficient (Wildman–Crippen LogP) is 2.36. The van der Waals surface area contributed by atoms with Crippen molar-refractivity contribution in [3.63, 3.8) is 0 Å². The third-order valence-electron chi connectivity index (χ3n) is 3.70. The Morgan fingerprint density at radius 3 is 2.45 bits per heavy atom. The molecule has 114 valence electrons. The van der Waals surface area contributed by atoms with Crippen LogP contribution in [0.3, 0.4) is 0 Å². The van der Waals surface area contributed by atoms with Gasteiger partial charge >= 0.3 is 0 Å². The molecule has 4 heteroatoms. The lowest BCUT2D eigenvalue weighted by Crippen LogP contribution is -2.30. The molecule has 0 unspecified atom stereocenters. The molecular formula is C16H30N4. The summed E-state index contributed by atoms with van der Waals surface area (Å²) in [4.78, 5) is 9.30. The summed E-state index contributed by atoms with van der Waals surface area (Å²) in [5, 5.41) is 3.15. The molecule has 0 aromatic carbocycles. The van der Waals surface area contributed by atoms with Crippen LogP contribution in [0.4, 0.5) is 5.69 Å². The highest BCUT2D eigenvalue weighted by atomic mass is 15.1. The standard InChI is InChI=1S/C16H30N4/c1-5-19(6-2)11-8-12-20(7-3)16-9-10-18-15(13-16)14-17-4/h9-10,13,17H,5-8,11-12,14H2,1-4H3. The summed E-state index contributed by atoms with van der Waals surface area (Å²) >= 11 is 0. The molecule has 0 aliphatic heterocycles. The van der Waals surface area contributed by atoms with Crippen LogP contribution < -0.4 is 10.2 Å². The minimum Gasteiger partial charge on any atom is -0.372 e. The summed E-state index contributed by atoms with van der Waals surface area (Å²) in [6, 6.07) is 4.30. The number of anilines is 1. The van der Waals surface area contributed by atoms with Gasteiger partial charge in [-0.1, -0.05) is 13.8 Å². The van der Waals surface area contributed by atoms with Gasteiger partial charge in [-0.05, 0) is 52.2 Å². The van der Waals surface area contributed by atoms with E-state index in [1.807, 2.05) is 13.2 Å². The van der Waals surface area contributed by atoms with Crippen LogP contribution in [0.1, 0.15) is 32.9 Å². The number of rotatable bonds is 10. The van der Waals surface area contributed by atoms with Crippen LogP contribution in [0.2, 0.25) is 0 Å². The van der Waals surface area contributed by atoms with Gasteiger partial charge in [0.1, 0.15) is 0 Å². The van der Waals surface area contributed by atoms with E-state index in [1.165, 1.54) is 18.7 Å². The number of hydrogen-bond donors (Lipinski definition) is 1. The summed E-state index contributed by atoms with van der Waals surface area (Å²) < 4.78 is 0. The van der Waals surface area contributed by atoms with Crippen LogP contribution in [0.15, 0.2) is 18.3 Å². The highest BCUT2D eigenvalue weighted by Crippen LogP contribution is 2.15. The quantitative estimate of drug-likeness (QED) is 0.712. The van der Waals surface area contributed by atoms with E-state index in [1.54, 1.807) is 0 Å². The number of aromatic nitrogens is 1. The summed E-state index contributed by atoms with van der Waals surface area (Å²) in [6.45, 7) is 13.1. The molecule has 0 fully saturated rings. The van der Waals surface area contributed by atoms with Crippen molar-refractivity contribution in [1.82, 2.24) is 15.2 Å². The monoisotopic (exact) mass is 278 g/mol. The Labute approximate surface area is 124 Å². The molecule has 0 saturated carbocycles. The van der Waals surface area contributed by atoms with Crippen molar-refractivity contribution in [2.45, 2.75) is 33.7 Å². The molecule has 0 spiro atoms. The van der Waals surface area contributed by atoms with Gasteiger partial charge in [-0.15, -0.1) is 0 Å². The van der Waals surface area contributed by atoms with Gasteiger partial charge in [0.2, 0.25) is 0 Å². The second-order valence-corrected chi connectivity index (χ2v) is 5.00. The predicted molar refractivity (Wildman–Crippen MR) is 87.3 cm³/mol. The van der Waals surface area contributed by atoms with Gasteiger partial charge in [0, 0.05) is 31.5 Å². The summed E-state index contributed by atoms with van der Waals surface area (Å²) in [6.07, 6.45) is 3.12. The van der Waals surface area contributed by atoms with Gasteiger partial charge in [-0.3, -0.25) is 4.98 Å². The van der Waals surface area contributed by atoms with E-state index >= 15 is 0 Å². The molecule has 0 radical (unpaired) electrons. The third-order valence-corrected chi connectivity index (χ3v) is 3.70.